The maximum Gasteiger partial charge on any atom is 0.0595 e. The van der Waals surface area contributed by atoms with Crippen LogP contribution < -0.4 is 5.32 Å². The van der Waals surface area contributed by atoms with Gasteiger partial charge >= 0.3 is 0 Å². The first kappa shape index (κ1) is 10.3. The summed E-state index contributed by atoms with van der Waals surface area (Å²) in [5.74, 6) is 0.757. The molecule has 1 aromatic rings. The van der Waals surface area contributed by atoms with Gasteiger partial charge in [-0.25, -0.2) is 0 Å². The summed E-state index contributed by atoms with van der Waals surface area (Å²) in [7, 11) is 0. The summed E-state index contributed by atoms with van der Waals surface area (Å²) in [6, 6.07) is 5.91. The van der Waals surface area contributed by atoms with Gasteiger partial charge in [-0.05, 0) is 49.5 Å². The van der Waals surface area contributed by atoms with Crippen molar-refractivity contribution in [2.24, 2.45) is 5.92 Å². The van der Waals surface area contributed by atoms with Crippen LogP contribution in [0.5, 0.6) is 0 Å². The Morgan fingerprint density at radius 3 is 2.79 bits per heavy atom. The van der Waals surface area contributed by atoms with Gasteiger partial charge in [-0.1, -0.05) is 29.3 Å². The Bertz CT molecular complexity index is 319. The molecule has 1 aromatic carbocycles. The van der Waals surface area contributed by atoms with E-state index < -0.39 is 0 Å². The summed E-state index contributed by atoms with van der Waals surface area (Å²) in [6.07, 6.45) is 2.37. The molecule has 1 aliphatic heterocycles. The van der Waals surface area contributed by atoms with Crippen molar-refractivity contribution in [3.63, 3.8) is 0 Å². The summed E-state index contributed by atoms with van der Waals surface area (Å²) >= 11 is 11.8. The molecule has 0 spiro atoms. The molecule has 14 heavy (non-hydrogen) atoms. The Morgan fingerprint density at radius 2 is 2.14 bits per heavy atom. The molecule has 2 rings (SSSR count). The van der Waals surface area contributed by atoms with Crippen molar-refractivity contribution in [2.75, 3.05) is 13.1 Å². The highest BCUT2D eigenvalue weighted by Crippen LogP contribution is 2.24. The molecule has 3 heteroatoms. The fraction of sp³-hybridized carbons (Fsp3) is 0.455. The molecule has 0 aromatic heterocycles. The monoisotopic (exact) mass is 229 g/mol. The Balaban J connectivity index is 2.05. The third kappa shape index (κ3) is 2.41. The second-order valence-corrected chi connectivity index (χ2v) is 4.63. The molecule has 1 aliphatic rings. The lowest BCUT2D eigenvalue weighted by atomic mass is 9.99. The van der Waals surface area contributed by atoms with E-state index in [0.29, 0.717) is 10.0 Å². The maximum atomic E-state index is 5.95. The smallest absolute Gasteiger partial charge is 0.0595 e. The molecule has 0 saturated carbocycles. The van der Waals surface area contributed by atoms with Crippen molar-refractivity contribution in [3.8, 4) is 0 Å². The van der Waals surface area contributed by atoms with Gasteiger partial charge in [-0.3, -0.25) is 0 Å². The highest BCUT2D eigenvalue weighted by molar-refractivity contribution is 6.42. The van der Waals surface area contributed by atoms with Crippen LogP contribution in [0.3, 0.4) is 0 Å². The Kier molecular flexibility index (Phi) is 3.32. The predicted molar refractivity (Wildman–Crippen MR) is 61.1 cm³/mol. The minimum atomic E-state index is 0.639. The summed E-state index contributed by atoms with van der Waals surface area (Å²) in [5.41, 5.74) is 1.29. The number of nitrogens with one attached hydrogen (secondary N) is 1. The van der Waals surface area contributed by atoms with Gasteiger partial charge in [0.1, 0.15) is 0 Å². The standard InChI is InChI=1S/C11H13Cl2N/c12-10-2-1-8(6-11(10)13)5-9-3-4-14-7-9/h1-2,6,9,14H,3-5,7H2. The minimum absolute atomic E-state index is 0.639. The molecule has 1 nitrogen and oxygen atoms in total. The molecule has 1 heterocycles. The zero-order chi connectivity index (χ0) is 9.97. The van der Waals surface area contributed by atoms with Crippen LogP contribution in [0.2, 0.25) is 10.0 Å². The van der Waals surface area contributed by atoms with E-state index in [4.69, 9.17) is 23.2 Å². The average molecular weight is 230 g/mol. The average Bonchev–Trinajstić information content (AvgIpc) is 2.64. The van der Waals surface area contributed by atoms with Gasteiger partial charge in [-0.15, -0.1) is 0 Å². The molecule has 1 N–H and O–H groups in total. The van der Waals surface area contributed by atoms with Crippen LogP contribution in [0.15, 0.2) is 18.2 Å². The highest BCUT2D eigenvalue weighted by Gasteiger charge is 2.14. The second-order valence-electron chi connectivity index (χ2n) is 3.81. The number of hydrogen-bond acceptors (Lipinski definition) is 1. The Morgan fingerprint density at radius 1 is 1.29 bits per heavy atom. The van der Waals surface area contributed by atoms with Gasteiger partial charge in [0.05, 0.1) is 10.0 Å². The molecule has 1 fully saturated rings. The number of rotatable bonds is 2. The maximum absolute atomic E-state index is 5.95. The number of hydrogen-bond donors (Lipinski definition) is 1. The van der Waals surface area contributed by atoms with E-state index in [9.17, 15) is 0 Å². The first-order valence-corrected chi connectivity index (χ1v) is 5.66. The molecular formula is C11H13Cl2N. The summed E-state index contributed by atoms with van der Waals surface area (Å²) in [4.78, 5) is 0. The van der Waals surface area contributed by atoms with Gasteiger partial charge in [0.2, 0.25) is 0 Å². The molecule has 76 valence electrons. The van der Waals surface area contributed by atoms with E-state index in [1.165, 1.54) is 12.0 Å². The third-order valence-corrected chi connectivity index (χ3v) is 3.41. The lowest BCUT2D eigenvalue weighted by molar-refractivity contribution is 0.580. The first-order chi connectivity index (χ1) is 6.75. The van der Waals surface area contributed by atoms with E-state index >= 15 is 0 Å². The lowest BCUT2D eigenvalue weighted by Gasteiger charge is -2.08. The van der Waals surface area contributed by atoms with Crippen LogP contribution in [0.4, 0.5) is 0 Å². The van der Waals surface area contributed by atoms with E-state index in [0.717, 1.165) is 25.4 Å². The summed E-state index contributed by atoms with van der Waals surface area (Å²) in [5, 5.41) is 4.66. The van der Waals surface area contributed by atoms with Gasteiger partial charge in [0, 0.05) is 0 Å². The zero-order valence-electron chi connectivity index (χ0n) is 7.89. The molecule has 1 saturated heterocycles. The fourth-order valence-corrected chi connectivity index (χ4v) is 2.21. The van der Waals surface area contributed by atoms with Crippen molar-refractivity contribution in [1.82, 2.24) is 5.32 Å². The predicted octanol–water partition coefficient (Wildman–Crippen LogP) is 3.15. The largest absolute Gasteiger partial charge is 0.316 e. The second kappa shape index (κ2) is 4.52. The van der Waals surface area contributed by atoms with Gasteiger partial charge in [0.15, 0.2) is 0 Å². The third-order valence-electron chi connectivity index (χ3n) is 2.67. The number of halogens is 2. The quantitative estimate of drug-likeness (QED) is 0.822. The van der Waals surface area contributed by atoms with Crippen LogP contribution in [0.25, 0.3) is 0 Å². The number of benzene rings is 1. The molecule has 1 unspecified atom stereocenters. The Labute approximate surface area is 94.4 Å². The van der Waals surface area contributed by atoms with Crippen molar-refractivity contribution >= 4 is 23.2 Å². The van der Waals surface area contributed by atoms with Crippen LogP contribution in [-0.4, -0.2) is 13.1 Å². The minimum Gasteiger partial charge on any atom is -0.316 e. The molecular weight excluding hydrogens is 217 g/mol. The fourth-order valence-electron chi connectivity index (χ4n) is 1.89. The topological polar surface area (TPSA) is 12.0 Å². The summed E-state index contributed by atoms with van der Waals surface area (Å²) < 4.78 is 0. The van der Waals surface area contributed by atoms with Crippen LogP contribution in [0.1, 0.15) is 12.0 Å². The van der Waals surface area contributed by atoms with E-state index in [1.54, 1.807) is 0 Å². The first-order valence-electron chi connectivity index (χ1n) is 4.90. The van der Waals surface area contributed by atoms with Crippen LogP contribution >= 0.6 is 23.2 Å². The van der Waals surface area contributed by atoms with Crippen molar-refractivity contribution in [2.45, 2.75) is 12.8 Å². The van der Waals surface area contributed by atoms with E-state index in [-0.39, 0.29) is 0 Å². The highest BCUT2D eigenvalue weighted by atomic mass is 35.5. The van der Waals surface area contributed by atoms with E-state index in [2.05, 4.69) is 11.4 Å². The van der Waals surface area contributed by atoms with E-state index in [1.807, 2.05) is 12.1 Å². The van der Waals surface area contributed by atoms with Gasteiger partial charge in [-0.2, -0.15) is 0 Å². The van der Waals surface area contributed by atoms with Gasteiger partial charge in [0.25, 0.3) is 0 Å². The van der Waals surface area contributed by atoms with Crippen molar-refractivity contribution < 1.29 is 0 Å². The molecule has 0 amide bonds. The van der Waals surface area contributed by atoms with Crippen molar-refractivity contribution in [3.05, 3.63) is 33.8 Å². The lowest BCUT2D eigenvalue weighted by Crippen LogP contribution is -2.10. The SMILES string of the molecule is Clc1ccc(CC2CCNC2)cc1Cl. The van der Waals surface area contributed by atoms with Crippen molar-refractivity contribution in [1.29, 1.82) is 0 Å². The molecule has 0 aliphatic carbocycles. The zero-order valence-corrected chi connectivity index (χ0v) is 9.41. The Hall–Kier alpha value is -0.240. The molecule has 0 bridgehead atoms. The normalized spacial score (nSPS) is 21.4. The van der Waals surface area contributed by atoms with Crippen LogP contribution in [0, 0.1) is 5.92 Å². The molecule has 1 atom stereocenters. The van der Waals surface area contributed by atoms with Crippen LogP contribution in [-0.2, 0) is 6.42 Å². The van der Waals surface area contributed by atoms with Gasteiger partial charge < -0.3 is 5.32 Å². The molecule has 0 radical (unpaired) electrons. The summed E-state index contributed by atoms with van der Waals surface area (Å²) in [6.45, 7) is 2.27.